The highest BCUT2D eigenvalue weighted by molar-refractivity contribution is 5.87. The molecule has 0 saturated carbocycles. The minimum absolute atomic E-state index is 0.0446. The average Bonchev–Trinajstić information content (AvgIpc) is 3.34. The van der Waals surface area contributed by atoms with Gasteiger partial charge in [0.25, 0.3) is 0 Å². The summed E-state index contributed by atoms with van der Waals surface area (Å²) in [6.07, 6.45) is 5.72. The highest BCUT2D eigenvalue weighted by Crippen LogP contribution is 2.35. The Morgan fingerprint density at radius 1 is 1.22 bits per heavy atom. The number of piperidine rings is 1. The van der Waals surface area contributed by atoms with Gasteiger partial charge in [0.1, 0.15) is 11.6 Å². The Morgan fingerprint density at radius 2 is 2.00 bits per heavy atom. The van der Waals surface area contributed by atoms with E-state index in [1.54, 1.807) is 18.2 Å². The molecule has 1 amide bonds. The van der Waals surface area contributed by atoms with E-state index in [1.807, 2.05) is 56.1 Å². The number of imidazole rings is 1. The van der Waals surface area contributed by atoms with E-state index in [4.69, 9.17) is 9.72 Å². The third kappa shape index (κ3) is 4.61. The normalized spacial score (nSPS) is 15.7. The molecule has 0 N–H and O–H groups in total. The fourth-order valence-corrected chi connectivity index (χ4v) is 5.15. The Balaban J connectivity index is 1.52. The van der Waals surface area contributed by atoms with Gasteiger partial charge < -0.3 is 9.64 Å². The summed E-state index contributed by atoms with van der Waals surface area (Å²) in [5, 5.41) is 0. The van der Waals surface area contributed by atoms with Crippen LogP contribution >= 0.6 is 0 Å². The monoisotopic (exact) mass is 498 g/mol. The molecule has 0 radical (unpaired) electrons. The number of hydrogen-bond acceptors (Lipinski definition) is 4. The predicted octanol–water partition coefficient (Wildman–Crippen LogP) is 6.40. The molecular weight excluding hydrogens is 467 g/mol. The summed E-state index contributed by atoms with van der Waals surface area (Å²) < 4.78 is 22.7. The van der Waals surface area contributed by atoms with E-state index >= 15 is 0 Å². The Morgan fingerprint density at radius 3 is 2.73 bits per heavy atom. The SMILES string of the molecule is C=CC(=O)N1CCC[C@@H](c2nc(-c3ccc(Oc4cccc(CC)c4F)cc3)c3c(C)ncc(C)n23)C1. The molecule has 0 unspecified atom stereocenters. The van der Waals surface area contributed by atoms with Gasteiger partial charge in [-0.05, 0) is 75.1 Å². The van der Waals surface area contributed by atoms with Crippen molar-refractivity contribution in [2.45, 2.75) is 46.0 Å². The first-order valence-electron chi connectivity index (χ1n) is 12.7. The molecule has 1 saturated heterocycles. The van der Waals surface area contributed by atoms with Crippen molar-refractivity contribution in [1.29, 1.82) is 0 Å². The molecule has 1 fully saturated rings. The van der Waals surface area contributed by atoms with Crippen LogP contribution in [0, 0.1) is 19.7 Å². The standard InChI is InChI=1S/C30H31FN4O2/c1-5-21-9-7-11-25(27(21)31)37-24-14-12-22(13-15-24)28-29-20(4)32-17-19(3)35(29)30(33-28)23-10-8-16-34(18-23)26(36)6-2/h6-7,9,11-15,17,23H,2,5,8,10,16,18H2,1,3-4H3/t23-/m1/s1. The summed E-state index contributed by atoms with van der Waals surface area (Å²) >= 11 is 0. The number of aromatic nitrogens is 3. The van der Waals surface area contributed by atoms with E-state index in [-0.39, 0.29) is 23.4 Å². The summed E-state index contributed by atoms with van der Waals surface area (Å²) in [6, 6.07) is 12.8. The second-order valence-electron chi connectivity index (χ2n) is 9.52. The highest BCUT2D eigenvalue weighted by Gasteiger charge is 2.29. The number of halogens is 1. The molecule has 1 aliphatic rings. The highest BCUT2D eigenvalue weighted by atomic mass is 19.1. The molecule has 7 heteroatoms. The summed E-state index contributed by atoms with van der Waals surface area (Å²) in [4.78, 5) is 23.9. The van der Waals surface area contributed by atoms with E-state index < -0.39 is 0 Å². The van der Waals surface area contributed by atoms with E-state index in [2.05, 4.69) is 16.0 Å². The molecule has 4 aromatic rings. The van der Waals surface area contributed by atoms with Gasteiger partial charge in [-0.2, -0.15) is 0 Å². The van der Waals surface area contributed by atoms with Gasteiger partial charge >= 0.3 is 0 Å². The van der Waals surface area contributed by atoms with Crippen LogP contribution in [0.3, 0.4) is 0 Å². The average molecular weight is 499 g/mol. The van der Waals surface area contributed by atoms with Crippen molar-refractivity contribution in [1.82, 2.24) is 19.3 Å². The van der Waals surface area contributed by atoms with Gasteiger partial charge in [0, 0.05) is 36.5 Å². The molecule has 190 valence electrons. The fourth-order valence-electron chi connectivity index (χ4n) is 5.15. The van der Waals surface area contributed by atoms with Gasteiger partial charge in [-0.15, -0.1) is 0 Å². The lowest BCUT2D eigenvalue weighted by Crippen LogP contribution is -2.38. The van der Waals surface area contributed by atoms with Crippen LogP contribution in [0.25, 0.3) is 16.8 Å². The van der Waals surface area contributed by atoms with Gasteiger partial charge in [-0.3, -0.25) is 14.2 Å². The number of nitrogens with zero attached hydrogens (tertiary/aromatic N) is 4. The molecule has 37 heavy (non-hydrogen) atoms. The minimum atomic E-state index is -0.326. The zero-order valence-electron chi connectivity index (χ0n) is 21.5. The molecule has 3 heterocycles. The zero-order chi connectivity index (χ0) is 26.1. The third-order valence-corrected chi connectivity index (χ3v) is 7.10. The van der Waals surface area contributed by atoms with E-state index in [0.29, 0.717) is 24.3 Å². The van der Waals surface area contributed by atoms with Crippen molar-refractivity contribution in [2.75, 3.05) is 13.1 Å². The van der Waals surface area contributed by atoms with Crippen LogP contribution in [0.2, 0.25) is 0 Å². The number of ether oxygens (including phenoxy) is 1. The largest absolute Gasteiger partial charge is 0.454 e. The van der Waals surface area contributed by atoms with Gasteiger partial charge in [0.2, 0.25) is 5.91 Å². The van der Waals surface area contributed by atoms with Crippen LogP contribution in [0.15, 0.2) is 61.3 Å². The second-order valence-corrected chi connectivity index (χ2v) is 9.52. The van der Waals surface area contributed by atoms with Crippen molar-refractivity contribution in [3.8, 4) is 22.8 Å². The molecule has 2 aromatic heterocycles. The number of benzene rings is 2. The molecule has 6 nitrogen and oxygen atoms in total. The lowest BCUT2D eigenvalue weighted by molar-refractivity contribution is -0.127. The molecule has 5 rings (SSSR count). The smallest absolute Gasteiger partial charge is 0.245 e. The van der Waals surface area contributed by atoms with Crippen LogP contribution in [0.5, 0.6) is 11.5 Å². The van der Waals surface area contributed by atoms with Crippen LogP contribution in [-0.2, 0) is 11.2 Å². The number of likely N-dealkylation sites (tertiary alicyclic amines) is 1. The molecule has 1 aliphatic heterocycles. The van der Waals surface area contributed by atoms with Crippen molar-refractivity contribution in [3.05, 3.63) is 89.9 Å². The van der Waals surface area contributed by atoms with E-state index in [0.717, 1.165) is 53.4 Å². The topological polar surface area (TPSA) is 59.7 Å². The maximum Gasteiger partial charge on any atom is 0.245 e. The Labute approximate surface area is 216 Å². The first-order chi connectivity index (χ1) is 17.9. The van der Waals surface area contributed by atoms with Gasteiger partial charge in [-0.25, -0.2) is 9.37 Å². The summed E-state index contributed by atoms with van der Waals surface area (Å²) in [7, 11) is 0. The number of hydrogen-bond donors (Lipinski definition) is 0. The van der Waals surface area contributed by atoms with Crippen molar-refractivity contribution in [2.24, 2.45) is 0 Å². The molecule has 0 spiro atoms. The van der Waals surface area contributed by atoms with Crippen molar-refractivity contribution >= 4 is 11.4 Å². The first kappa shape index (κ1) is 24.7. The number of fused-ring (bicyclic) bond motifs is 1. The van der Waals surface area contributed by atoms with Crippen LogP contribution in [0.1, 0.15) is 48.5 Å². The number of carbonyl (C=O) groups is 1. The Bertz CT molecular complexity index is 1480. The number of amides is 1. The quantitative estimate of drug-likeness (QED) is 0.289. The van der Waals surface area contributed by atoms with Gasteiger partial charge in [0.15, 0.2) is 11.6 Å². The minimum Gasteiger partial charge on any atom is -0.454 e. The number of rotatable bonds is 6. The van der Waals surface area contributed by atoms with Crippen molar-refractivity contribution < 1.29 is 13.9 Å². The first-order valence-corrected chi connectivity index (χ1v) is 12.7. The fraction of sp³-hybridized carbons (Fsp3) is 0.300. The molecule has 2 aromatic carbocycles. The molecule has 0 bridgehead atoms. The zero-order valence-corrected chi connectivity index (χ0v) is 21.5. The summed E-state index contributed by atoms with van der Waals surface area (Å²) in [5.41, 5.74) is 5.21. The second kappa shape index (κ2) is 10.2. The Hall–Kier alpha value is -4.00. The summed E-state index contributed by atoms with van der Waals surface area (Å²) in [5.74, 6) is 1.44. The number of aryl methyl sites for hydroxylation is 3. The molecule has 0 aliphatic carbocycles. The van der Waals surface area contributed by atoms with Gasteiger partial charge in [0.05, 0.1) is 16.9 Å². The van der Waals surface area contributed by atoms with Crippen LogP contribution in [-0.4, -0.2) is 38.3 Å². The lowest BCUT2D eigenvalue weighted by Gasteiger charge is -2.31. The van der Waals surface area contributed by atoms with E-state index in [1.165, 1.54) is 6.08 Å². The predicted molar refractivity (Wildman–Crippen MR) is 143 cm³/mol. The van der Waals surface area contributed by atoms with Crippen LogP contribution in [0.4, 0.5) is 4.39 Å². The Kier molecular flexibility index (Phi) is 6.78. The van der Waals surface area contributed by atoms with Crippen molar-refractivity contribution in [3.63, 3.8) is 0 Å². The maximum atomic E-state index is 14.7. The molecular formula is C30H31FN4O2. The lowest BCUT2D eigenvalue weighted by atomic mass is 9.97. The van der Waals surface area contributed by atoms with E-state index in [9.17, 15) is 9.18 Å². The van der Waals surface area contributed by atoms with Gasteiger partial charge in [-0.1, -0.05) is 25.6 Å². The third-order valence-electron chi connectivity index (χ3n) is 7.10. The van der Waals surface area contributed by atoms with Crippen LogP contribution < -0.4 is 4.74 Å². The summed E-state index contributed by atoms with van der Waals surface area (Å²) in [6.45, 7) is 10.9. The maximum absolute atomic E-state index is 14.7. The number of carbonyl (C=O) groups excluding carboxylic acids is 1. The molecule has 1 atom stereocenters.